The van der Waals surface area contributed by atoms with Gasteiger partial charge in [0.25, 0.3) is 0 Å². The van der Waals surface area contributed by atoms with Crippen LogP contribution in [0.1, 0.15) is 19.4 Å². The lowest BCUT2D eigenvalue weighted by molar-refractivity contribution is -0.135. The van der Waals surface area contributed by atoms with E-state index in [2.05, 4.69) is 10.2 Å². The molecular formula is C15H23N3O2. The number of rotatable bonds is 5. The van der Waals surface area contributed by atoms with Gasteiger partial charge in [0.15, 0.2) is 0 Å². The Kier molecular flexibility index (Phi) is 4.62. The maximum absolute atomic E-state index is 11.8. The molecular weight excluding hydrogens is 254 g/mol. The standard InChI is InChI=1S/C15H23N3O2/c1-15(2)14(19)17-6-7-18(15)8-9-20-13-5-3-4-12(10-13)11-16/h3-5,10H,6-9,11,16H2,1-2H3,(H,17,19). The molecule has 1 aromatic rings. The van der Waals surface area contributed by atoms with Gasteiger partial charge in [-0.25, -0.2) is 0 Å². The van der Waals surface area contributed by atoms with Crippen molar-refractivity contribution in [3.05, 3.63) is 29.8 Å². The largest absolute Gasteiger partial charge is 0.492 e. The molecule has 0 spiro atoms. The van der Waals surface area contributed by atoms with Gasteiger partial charge in [-0.2, -0.15) is 0 Å². The topological polar surface area (TPSA) is 67.6 Å². The average molecular weight is 277 g/mol. The minimum absolute atomic E-state index is 0.0777. The second kappa shape index (κ2) is 6.24. The molecule has 1 amide bonds. The van der Waals surface area contributed by atoms with Gasteiger partial charge in [-0.1, -0.05) is 12.1 Å². The van der Waals surface area contributed by atoms with E-state index in [0.29, 0.717) is 19.7 Å². The fourth-order valence-electron chi connectivity index (χ4n) is 2.37. The maximum Gasteiger partial charge on any atom is 0.240 e. The molecule has 5 heteroatoms. The summed E-state index contributed by atoms with van der Waals surface area (Å²) in [6.07, 6.45) is 0. The number of hydrogen-bond acceptors (Lipinski definition) is 4. The van der Waals surface area contributed by atoms with Gasteiger partial charge < -0.3 is 15.8 Å². The van der Waals surface area contributed by atoms with E-state index in [-0.39, 0.29) is 5.91 Å². The smallest absolute Gasteiger partial charge is 0.240 e. The van der Waals surface area contributed by atoms with Crippen LogP contribution in [0.25, 0.3) is 0 Å². The van der Waals surface area contributed by atoms with Crippen molar-refractivity contribution in [1.82, 2.24) is 10.2 Å². The van der Waals surface area contributed by atoms with E-state index in [9.17, 15) is 4.79 Å². The molecule has 3 N–H and O–H groups in total. The fraction of sp³-hybridized carbons (Fsp3) is 0.533. The lowest BCUT2D eigenvalue weighted by Crippen LogP contribution is -2.62. The number of piperazine rings is 1. The summed E-state index contributed by atoms with van der Waals surface area (Å²) in [5.74, 6) is 0.904. The molecule has 0 bridgehead atoms. The summed E-state index contributed by atoms with van der Waals surface area (Å²) in [5, 5.41) is 2.89. The van der Waals surface area contributed by atoms with E-state index in [1.54, 1.807) is 0 Å². The van der Waals surface area contributed by atoms with Crippen LogP contribution in [0.4, 0.5) is 0 Å². The van der Waals surface area contributed by atoms with Gasteiger partial charge in [-0.05, 0) is 31.5 Å². The van der Waals surface area contributed by atoms with Crippen LogP contribution >= 0.6 is 0 Å². The van der Waals surface area contributed by atoms with Gasteiger partial charge in [-0.15, -0.1) is 0 Å². The third kappa shape index (κ3) is 3.29. The number of benzene rings is 1. The summed E-state index contributed by atoms with van der Waals surface area (Å²) in [5.41, 5.74) is 6.19. The number of nitrogens with one attached hydrogen (secondary N) is 1. The second-order valence-electron chi connectivity index (χ2n) is 5.50. The number of nitrogens with zero attached hydrogens (tertiary/aromatic N) is 1. The predicted octanol–water partition coefficient (Wildman–Crippen LogP) is 0.735. The molecule has 0 aliphatic carbocycles. The van der Waals surface area contributed by atoms with Gasteiger partial charge >= 0.3 is 0 Å². The predicted molar refractivity (Wildman–Crippen MR) is 78.5 cm³/mol. The zero-order valence-electron chi connectivity index (χ0n) is 12.2. The first-order valence-electron chi connectivity index (χ1n) is 6.99. The number of hydrogen-bond donors (Lipinski definition) is 2. The van der Waals surface area contributed by atoms with Crippen molar-refractivity contribution in [3.63, 3.8) is 0 Å². The molecule has 1 fully saturated rings. The molecule has 0 atom stereocenters. The van der Waals surface area contributed by atoms with Gasteiger partial charge in [-0.3, -0.25) is 9.69 Å². The lowest BCUT2D eigenvalue weighted by Gasteiger charge is -2.41. The number of carbonyl (C=O) groups is 1. The van der Waals surface area contributed by atoms with Gasteiger partial charge in [0.1, 0.15) is 12.4 Å². The Labute approximate surface area is 120 Å². The van der Waals surface area contributed by atoms with Crippen molar-refractivity contribution in [2.45, 2.75) is 25.9 Å². The van der Waals surface area contributed by atoms with Gasteiger partial charge in [0, 0.05) is 26.2 Å². The third-order valence-electron chi connectivity index (χ3n) is 3.78. The van der Waals surface area contributed by atoms with Crippen molar-refractivity contribution in [2.75, 3.05) is 26.2 Å². The van der Waals surface area contributed by atoms with Crippen LogP contribution in [0.15, 0.2) is 24.3 Å². The van der Waals surface area contributed by atoms with Crippen LogP contribution in [0.3, 0.4) is 0 Å². The quantitative estimate of drug-likeness (QED) is 0.833. The molecule has 2 rings (SSSR count). The minimum atomic E-state index is -0.472. The van der Waals surface area contributed by atoms with Crippen LogP contribution in [0.2, 0.25) is 0 Å². The van der Waals surface area contributed by atoms with Crippen LogP contribution in [-0.2, 0) is 11.3 Å². The summed E-state index contributed by atoms with van der Waals surface area (Å²) in [6, 6.07) is 7.79. The number of amides is 1. The van der Waals surface area contributed by atoms with E-state index < -0.39 is 5.54 Å². The molecule has 0 radical (unpaired) electrons. The summed E-state index contributed by atoms with van der Waals surface area (Å²) in [6.45, 7) is 7.23. The van der Waals surface area contributed by atoms with E-state index in [1.165, 1.54) is 0 Å². The monoisotopic (exact) mass is 277 g/mol. The molecule has 0 unspecified atom stereocenters. The first-order valence-corrected chi connectivity index (χ1v) is 6.99. The maximum atomic E-state index is 11.8. The van der Waals surface area contributed by atoms with E-state index in [1.807, 2.05) is 38.1 Å². The van der Waals surface area contributed by atoms with Gasteiger partial charge in [0.05, 0.1) is 5.54 Å². The molecule has 0 aromatic heterocycles. The lowest BCUT2D eigenvalue weighted by atomic mass is 9.99. The highest BCUT2D eigenvalue weighted by Crippen LogP contribution is 2.18. The van der Waals surface area contributed by atoms with Gasteiger partial charge in [0.2, 0.25) is 5.91 Å². The summed E-state index contributed by atoms with van der Waals surface area (Å²) < 4.78 is 5.75. The number of nitrogens with two attached hydrogens (primary N) is 1. The normalized spacial score (nSPS) is 18.6. The van der Waals surface area contributed by atoms with Crippen LogP contribution in [-0.4, -0.2) is 42.6 Å². The fourth-order valence-corrected chi connectivity index (χ4v) is 2.37. The van der Waals surface area contributed by atoms with Crippen LogP contribution < -0.4 is 15.8 Å². The van der Waals surface area contributed by atoms with Crippen LogP contribution in [0, 0.1) is 0 Å². The van der Waals surface area contributed by atoms with Crippen molar-refractivity contribution in [2.24, 2.45) is 5.73 Å². The Hall–Kier alpha value is -1.59. The number of carbonyl (C=O) groups excluding carboxylic acids is 1. The van der Waals surface area contributed by atoms with Crippen molar-refractivity contribution in [3.8, 4) is 5.75 Å². The Bertz CT molecular complexity index is 474. The Morgan fingerprint density at radius 3 is 3.00 bits per heavy atom. The molecule has 110 valence electrons. The van der Waals surface area contributed by atoms with E-state index in [4.69, 9.17) is 10.5 Å². The Morgan fingerprint density at radius 2 is 2.25 bits per heavy atom. The highest BCUT2D eigenvalue weighted by Gasteiger charge is 2.37. The molecule has 1 aromatic carbocycles. The van der Waals surface area contributed by atoms with E-state index >= 15 is 0 Å². The van der Waals surface area contributed by atoms with Crippen molar-refractivity contribution < 1.29 is 9.53 Å². The SMILES string of the molecule is CC1(C)C(=O)NCCN1CCOc1cccc(CN)c1. The summed E-state index contributed by atoms with van der Waals surface area (Å²) in [7, 11) is 0. The summed E-state index contributed by atoms with van der Waals surface area (Å²) in [4.78, 5) is 14.0. The van der Waals surface area contributed by atoms with Crippen LogP contribution in [0.5, 0.6) is 5.75 Å². The third-order valence-corrected chi connectivity index (χ3v) is 3.78. The summed E-state index contributed by atoms with van der Waals surface area (Å²) >= 11 is 0. The average Bonchev–Trinajstić information content (AvgIpc) is 2.44. The molecule has 0 saturated carbocycles. The molecule has 20 heavy (non-hydrogen) atoms. The molecule has 1 aliphatic rings. The highest BCUT2D eigenvalue weighted by molar-refractivity contribution is 5.86. The van der Waals surface area contributed by atoms with Crippen molar-refractivity contribution >= 4 is 5.91 Å². The zero-order valence-corrected chi connectivity index (χ0v) is 12.2. The second-order valence-corrected chi connectivity index (χ2v) is 5.50. The highest BCUT2D eigenvalue weighted by atomic mass is 16.5. The first kappa shape index (κ1) is 14.8. The van der Waals surface area contributed by atoms with Crippen molar-refractivity contribution in [1.29, 1.82) is 0 Å². The Morgan fingerprint density at radius 1 is 1.45 bits per heavy atom. The molecule has 1 saturated heterocycles. The molecule has 5 nitrogen and oxygen atoms in total. The number of ether oxygens (including phenoxy) is 1. The Balaban J connectivity index is 1.87. The molecule has 1 aliphatic heterocycles. The minimum Gasteiger partial charge on any atom is -0.492 e. The zero-order chi connectivity index (χ0) is 14.6. The van der Waals surface area contributed by atoms with E-state index in [0.717, 1.165) is 24.4 Å². The molecule has 1 heterocycles. The first-order chi connectivity index (χ1) is 9.54.